The third kappa shape index (κ3) is 4.24. The lowest BCUT2D eigenvalue weighted by Gasteiger charge is -2.06. The van der Waals surface area contributed by atoms with Gasteiger partial charge < -0.3 is 11.5 Å². The maximum absolute atomic E-state index is 5.51. The Hall–Kier alpha value is -0.660. The summed E-state index contributed by atoms with van der Waals surface area (Å²) in [5.74, 6) is 0.762. The summed E-state index contributed by atoms with van der Waals surface area (Å²) in [6, 6.07) is 0. The van der Waals surface area contributed by atoms with Crippen molar-refractivity contribution in [2.24, 2.45) is 17.4 Å². The van der Waals surface area contributed by atoms with Gasteiger partial charge in [-0.1, -0.05) is 20.3 Å². The minimum Gasteiger partial charge on any atom is -0.403 e. The Morgan fingerprint density at radius 3 is 2.60 bits per heavy atom. The van der Waals surface area contributed by atoms with E-state index in [2.05, 4.69) is 13.8 Å². The lowest BCUT2D eigenvalue weighted by Crippen LogP contribution is -2.03. The molecule has 0 fully saturated rings. The number of hydrogen-bond acceptors (Lipinski definition) is 2. The zero-order valence-electron chi connectivity index (χ0n) is 6.93. The van der Waals surface area contributed by atoms with E-state index in [0.717, 1.165) is 24.5 Å². The van der Waals surface area contributed by atoms with Gasteiger partial charge in [-0.2, -0.15) is 0 Å². The monoisotopic (exact) mass is 142 g/mol. The van der Waals surface area contributed by atoms with Gasteiger partial charge in [0.15, 0.2) is 0 Å². The average Bonchev–Trinajstić information content (AvgIpc) is 1.99. The molecule has 0 aliphatic carbocycles. The van der Waals surface area contributed by atoms with Crippen LogP contribution in [0.15, 0.2) is 11.9 Å². The van der Waals surface area contributed by atoms with E-state index in [-0.39, 0.29) is 0 Å². The first-order valence-electron chi connectivity index (χ1n) is 3.87. The Bertz CT molecular complexity index is 108. The zero-order valence-corrected chi connectivity index (χ0v) is 6.93. The summed E-state index contributed by atoms with van der Waals surface area (Å²) in [6.45, 7) is 4.41. The lowest BCUT2D eigenvalue weighted by atomic mass is 10.0. The first kappa shape index (κ1) is 9.34. The second-order valence-electron chi connectivity index (χ2n) is 2.79. The fourth-order valence-electron chi connectivity index (χ4n) is 0.701. The van der Waals surface area contributed by atoms with Gasteiger partial charge in [0.25, 0.3) is 0 Å². The predicted molar refractivity (Wildman–Crippen MR) is 45.1 cm³/mol. The van der Waals surface area contributed by atoms with Crippen LogP contribution in [0.2, 0.25) is 0 Å². The number of nitrogens with two attached hydrogens (primary N) is 2. The number of rotatable bonds is 4. The highest BCUT2D eigenvalue weighted by Crippen LogP contribution is 2.10. The fourth-order valence-corrected chi connectivity index (χ4v) is 0.701. The highest BCUT2D eigenvalue weighted by molar-refractivity contribution is 4.92. The van der Waals surface area contributed by atoms with Gasteiger partial charge in [-0.05, 0) is 18.8 Å². The van der Waals surface area contributed by atoms with E-state index in [1.807, 2.05) is 0 Å². The summed E-state index contributed by atoms with van der Waals surface area (Å²) in [6.07, 6.45) is 4.79. The highest BCUT2D eigenvalue weighted by atomic mass is 14.6. The normalized spacial score (nSPS) is 15.2. The van der Waals surface area contributed by atoms with Crippen molar-refractivity contribution in [3.05, 3.63) is 11.9 Å². The van der Waals surface area contributed by atoms with Gasteiger partial charge in [-0.15, -0.1) is 0 Å². The zero-order chi connectivity index (χ0) is 7.98. The van der Waals surface area contributed by atoms with Crippen molar-refractivity contribution in [3.63, 3.8) is 0 Å². The van der Waals surface area contributed by atoms with E-state index in [0.29, 0.717) is 0 Å². The van der Waals surface area contributed by atoms with Crippen LogP contribution in [0.3, 0.4) is 0 Å². The van der Waals surface area contributed by atoms with Crippen molar-refractivity contribution in [1.82, 2.24) is 0 Å². The van der Waals surface area contributed by atoms with Gasteiger partial charge in [-0.25, -0.2) is 0 Å². The summed E-state index contributed by atoms with van der Waals surface area (Å²) in [5.41, 5.74) is 11.5. The second kappa shape index (κ2) is 5.15. The molecular formula is C8H18N2. The molecule has 0 radical (unpaired) electrons. The minimum absolute atomic E-state index is 0.762. The van der Waals surface area contributed by atoms with Gasteiger partial charge in [0.1, 0.15) is 0 Å². The molecule has 0 saturated carbocycles. The Morgan fingerprint density at radius 2 is 2.20 bits per heavy atom. The molecular weight excluding hydrogens is 124 g/mol. The lowest BCUT2D eigenvalue weighted by molar-refractivity contribution is 0.514. The molecule has 0 aliphatic heterocycles. The fraction of sp³-hybridized carbons (Fsp3) is 0.750. The SMILES string of the molecule is CCC(C)CC/C(N)=C/N. The number of allylic oxidation sites excluding steroid dienone is 1. The molecule has 0 aromatic carbocycles. The van der Waals surface area contributed by atoms with Gasteiger partial charge >= 0.3 is 0 Å². The topological polar surface area (TPSA) is 52.0 Å². The predicted octanol–water partition coefficient (Wildman–Crippen LogP) is 1.57. The molecule has 10 heavy (non-hydrogen) atoms. The molecule has 0 amide bonds. The van der Waals surface area contributed by atoms with E-state index >= 15 is 0 Å². The van der Waals surface area contributed by atoms with Crippen molar-refractivity contribution in [2.75, 3.05) is 0 Å². The summed E-state index contributed by atoms with van der Waals surface area (Å²) in [5, 5.41) is 0. The van der Waals surface area contributed by atoms with Gasteiger partial charge in [0, 0.05) is 11.9 Å². The van der Waals surface area contributed by atoms with Crippen LogP contribution in [0, 0.1) is 5.92 Å². The first-order valence-corrected chi connectivity index (χ1v) is 3.87. The molecule has 1 unspecified atom stereocenters. The van der Waals surface area contributed by atoms with Crippen LogP contribution in [0.1, 0.15) is 33.1 Å². The summed E-state index contributed by atoms with van der Waals surface area (Å²) < 4.78 is 0. The van der Waals surface area contributed by atoms with Crippen LogP contribution in [0.5, 0.6) is 0 Å². The van der Waals surface area contributed by atoms with E-state index in [1.165, 1.54) is 12.6 Å². The molecule has 0 saturated heterocycles. The molecule has 4 N–H and O–H groups in total. The Labute approximate surface area is 63.3 Å². The van der Waals surface area contributed by atoms with Crippen LogP contribution in [0.25, 0.3) is 0 Å². The van der Waals surface area contributed by atoms with Crippen LogP contribution in [0.4, 0.5) is 0 Å². The van der Waals surface area contributed by atoms with E-state index in [1.54, 1.807) is 0 Å². The van der Waals surface area contributed by atoms with E-state index in [9.17, 15) is 0 Å². The molecule has 60 valence electrons. The van der Waals surface area contributed by atoms with E-state index < -0.39 is 0 Å². The molecule has 1 atom stereocenters. The quantitative estimate of drug-likeness (QED) is 0.626. The molecule has 0 rings (SSSR count). The maximum Gasteiger partial charge on any atom is 0.0238 e. The van der Waals surface area contributed by atoms with Crippen molar-refractivity contribution in [3.8, 4) is 0 Å². The average molecular weight is 142 g/mol. The summed E-state index contributed by atoms with van der Waals surface area (Å²) in [4.78, 5) is 0. The van der Waals surface area contributed by atoms with Crippen molar-refractivity contribution >= 4 is 0 Å². The van der Waals surface area contributed by atoms with Gasteiger partial charge in [0.05, 0.1) is 0 Å². The molecule has 0 aromatic heterocycles. The van der Waals surface area contributed by atoms with E-state index in [4.69, 9.17) is 11.5 Å². The third-order valence-electron chi connectivity index (χ3n) is 1.84. The first-order chi connectivity index (χ1) is 4.70. The molecule has 0 heterocycles. The van der Waals surface area contributed by atoms with Crippen LogP contribution < -0.4 is 11.5 Å². The van der Waals surface area contributed by atoms with Crippen molar-refractivity contribution < 1.29 is 0 Å². The Balaban J connectivity index is 3.35. The standard InChI is InChI=1S/C8H18N2/c1-3-7(2)4-5-8(10)6-9/h6-7H,3-5,9-10H2,1-2H3/b8-6-. The Morgan fingerprint density at radius 1 is 1.60 bits per heavy atom. The van der Waals surface area contributed by atoms with Crippen molar-refractivity contribution in [1.29, 1.82) is 0 Å². The van der Waals surface area contributed by atoms with Crippen LogP contribution in [-0.4, -0.2) is 0 Å². The number of hydrogen-bond donors (Lipinski definition) is 2. The van der Waals surface area contributed by atoms with Gasteiger partial charge in [-0.3, -0.25) is 0 Å². The molecule has 0 bridgehead atoms. The molecule has 0 spiro atoms. The summed E-state index contributed by atoms with van der Waals surface area (Å²) in [7, 11) is 0. The largest absolute Gasteiger partial charge is 0.403 e. The third-order valence-corrected chi connectivity index (χ3v) is 1.84. The molecule has 0 aromatic rings. The smallest absolute Gasteiger partial charge is 0.0238 e. The maximum atomic E-state index is 5.51. The Kier molecular flexibility index (Phi) is 4.81. The van der Waals surface area contributed by atoms with Crippen LogP contribution in [-0.2, 0) is 0 Å². The molecule has 2 heteroatoms. The van der Waals surface area contributed by atoms with Crippen LogP contribution >= 0.6 is 0 Å². The summed E-state index contributed by atoms with van der Waals surface area (Å²) >= 11 is 0. The second-order valence-corrected chi connectivity index (χ2v) is 2.79. The van der Waals surface area contributed by atoms with Crippen molar-refractivity contribution in [2.45, 2.75) is 33.1 Å². The van der Waals surface area contributed by atoms with Gasteiger partial charge in [0.2, 0.25) is 0 Å². The minimum atomic E-state index is 0.762. The molecule has 0 aliphatic rings. The highest BCUT2D eigenvalue weighted by Gasteiger charge is 1.98. The molecule has 2 nitrogen and oxygen atoms in total.